The number of esters is 1. The van der Waals surface area contributed by atoms with Gasteiger partial charge in [0.2, 0.25) is 5.91 Å². The largest absolute Gasteiger partial charge is 0.466 e. The van der Waals surface area contributed by atoms with Crippen molar-refractivity contribution in [2.45, 2.75) is 456 Å². The van der Waals surface area contributed by atoms with Crippen LogP contribution in [-0.2, 0) is 14.3 Å². The van der Waals surface area contributed by atoms with E-state index in [0.29, 0.717) is 19.4 Å². The minimum Gasteiger partial charge on any atom is -0.466 e. The van der Waals surface area contributed by atoms with E-state index in [0.717, 1.165) is 38.5 Å². The molecule has 0 aliphatic rings. The van der Waals surface area contributed by atoms with Crippen LogP contribution in [0.5, 0.6) is 0 Å². The molecule has 0 rings (SSSR count). The van der Waals surface area contributed by atoms with Crippen molar-refractivity contribution in [2.75, 3.05) is 13.2 Å². The molecule has 0 radical (unpaired) electrons. The SMILES string of the molecule is CCCCCCCCCCCCCCCCCCC/C=C/C(O)C(CO)NC(=O)CCCCCCCCCCCCCCCCCCC/C=C\CCCCCCCCCCCCCCCCCCOC(=O)CCCCCCCCCCCCCC. The number of allylic oxidation sites excluding steroid dienone is 3. The van der Waals surface area contributed by atoms with Gasteiger partial charge in [0.25, 0.3) is 0 Å². The number of hydrogen-bond acceptors (Lipinski definition) is 5. The molecule has 0 bridgehead atoms. The van der Waals surface area contributed by atoms with Crippen LogP contribution < -0.4 is 5.32 Å². The molecular formula is C79H153NO5. The normalized spacial score (nSPS) is 12.6. The third-order valence-corrected chi connectivity index (χ3v) is 18.5. The molecule has 0 saturated carbocycles. The van der Waals surface area contributed by atoms with Crippen LogP contribution in [0, 0.1) is 0 Å². The van der Waals surface area contributed by atoms with E-state index in [-0.39, 0.29) is 18.5 Å². The highest BCUT2D eigenvalue weighted by molar-refractivity contribution is 5.76. The van der Waals surface area contributed by atoms with Gasteiger partial charge in [-0.15, -0.1) is 0 Å². The van der Waals surface area contributed by atoms with E-state index >= 15 is 0 Å². The fourth-order valence-electron chi connectivity index (χ4n) is 12.5. The number of carbonyl (C=O) groups excluding carboxylic acids is 2. The van der Waals surface area contributed by atoms with Crippen LogP contribution >= 0.6 is 0 Å². The van der Waals surface area contributed by atoms with Gasteiger partial charge in [0.15, 0.2) is 0 Å². The van der Waals surface area contributed by atoms with Gasteiger partial charge < -0.3 is 20.3 Å². The highest BCUT2D eigenvalue weighted by atomic mass is 16.5. The van der Waals surface area contributed by atoms with Crippen LogP contribution in [0.4, 0.5) is 0 Å². The molecule has 1 amide bonds. The monoisotopic (exact) mass is 1200 g/mol. The Bertz CT molecular complexity index is 1330. The Hall–Kier alpha value is -1.66. The van der Waals surface area contributed by atoms with Crippen molar-refractivity contribution in [1.29, 1.82) is 0 Å². The molecule has 504 valence electrons. The smallest absolute Gasteiger partial charge is 0.305 e. The molecule has 0 spiro atoms. The van der Waals surface area contributed by atoms with Crippen LogP contribution in [0.1, 0.15) is 444 Å². The molecule has 0 aromatic rings. The third-order valence-electron chi connectivity index (χ3n) is 18.5. The lowest BCUT2D eigenvalue weighted by Gasteiger charge is -2.20. The Morgan fingerprint density at radius 3 is 0.835 bits per heavy atom. The summed E-state index contributed by atoms with van der Waals surface area (Å²) in [6.07, 6.45) is 95.9. The first-order chi connectivity index (χ1) is 42.0. The summed E-state index contributed by atoms with van der Waals surface area (Å²) in [6.45, 7) is 4.95. The molecule has 6 heteroatoms. The van der Waals surface area contributed by atoms with E-state index in [1.165, 1.54) is 379 Å². The number of carbonyl (C=O) groups is 2. The first-order valence-corrected chi connectivity index (χ1v) is 39.1. The predicted molar refractivity (Wildman–Crippen MR) is 375 cm³/mol. The summed E-state index contributed by atoms with van der Waals surface area (Å²) in [5, 5.41) is 23.3. The number of aliphatic hydroxyl groups excluding tert-OH is 2. The molecular weight excluding hydrogens is 1040 g/mol. The molecule has 85 heavy (non-hydrogen) atoms. The Labute approximate surface area is 532 Å². The molecule has 0 aliphatic carbocycles. The maximum atomic E-state index is 12.5. The lowest BCUT2D eigenvalue weighted by Crippen LogP contribution is -2.45. The van der Waals surface area contributed by atoms with Gasteiger partial charge in [0, 0.05) is 12.8 Å². The second-order valence-corrected chi connectivity index (χ2v) is 27.0. The average molecular weight is 1200 g/mol. The Balaban J connectivity index is 3.35. The summed E-state index contributed by atoms with van der Waals surface area (Å²) in [5.41, 5.74) is 0. The van der Waals surface area contributed by atoms with E-state index in [2.05, 4.69) is 31.3 Å². The van der Waals surface area contributed by atoms with Gasteiger partial charge in [-0.25, -0.2) is 0 Å². The van der Waals surface area contributed by atoms with Gasteiger partial charge in [-0.1, -0.05) is 398 Å². The minimum atomic E-state index is -0.842. The van der Waals surface area contributed by atoms with Crippen molar-refractivity contribution in [3.63, 3.8) is 0 Å². The Morgan fingerprint density at radius 1 is 0.318 bits per heavy atom. The highest BCUT2D eigenvalue weighted by Gasteiger charge is 2.18. The van der Waals surface area contributed by atoms with Gasteiger partial charge in [-0.2, -0.15) is 0 Å². The lowest BCUT2D eigenvalue weighted by molar-refractivity contribution is -0.143. The van der Waals surface area contributed by atoms with Crippen LogP contribution in [0.25, 0.3) is 0 Å². The standard InChI is InChI=1S/C79H153NO5/c1-3-5-7-9-11-13-15-17-18-19-39-42-45-48-51-55-59-63-67-71-77(82)76(75-81)80-78(83)72-68-64-60-56-52-49-46-43-40-37-35-33-31-29-27-25-23-21-20-22-24-26-28-30-32-34-36-38-41-44-47-50-54-58-62-66-70-74-85-79(84)73-69-65-61-57-53-16-14-12-10-8-6-4-2/h20,22,67,71,76-77,81-82H,3-19,21,23-66,68-70,72-75H2,1-2H3,(H,80,83)/b22-20-,71-67+. The lowest BCUT2D eigenvalue weighted by atomic mass is 10.0. The van der Waals surface area contributed by atoms with Gasteiger partial charge in [-0.3, -0.25) is 9.59 Å². The zero-order valence-electron chi connectivity index (χ0n) is 57.9. The number of unbranched alkanes of at least 4 members (excludes halogenated alkanes) is 61. The summed E-state index contributed by atoms with van der Waals surface area (Å²) in [5.74, 6) is -0.0369. The summed E-state index contributed by atoms with van der Waals surface area (Å²) >= 11 is 0. The second-order valence-electron chi connectivity index (χ2n) is 27.0. The fourth-order valence-corrected chi connectivity index (χ4v) is 12.5. The summed E-state index contributed by atoms with van der Waals surface area (Å²) in [4.78, 5) is 24.6. The van der Waals surface area contributed by atoms with Crippen LogP contribution in [0.15, 0.2) is 24.3 Å². The highest BCUT2D eigenvalue weighted by Crippen LogP contribution is 2.20. The molecule has 6 nitrogen and oxygen atoms in total. The molecule has 0 saturated heterocycles. The Morgan fingerprint density at radius 2 is 0.553 bits per heavy atom. The first kappa shape index (κ1) is 83.3. The molecule has 0 fully saturated rings. The number of amides is 1. The third kappa shape index (κ3) is 71.3. The van der Waals surface area contributed by atoms with Crippen LogP contribution in [-0.4, -0.2) is 47.4 Å². The van der Waals surface area contributed by atoms with Crippen molar-refractivity contribution in [1.82, 2.24) is 5.32 Å². The summed E-state index contributed by atoms with van der Waals surface area (Å²) in [6, 6.07) is -0.625. The number of nitrogens with one attached hydrogen (secondary N) is 1. The van der Waals surface area contributed by atoms with Crippen molar-refractivity contribution in [3.05, 3.63) is 24.3 Å². The van der Waals surface area contributed by atoms with E-state index < -0.39 is 12.1 Å². The predicted octanol–water partition coefficient (Wildman–Crippen LogP) is 25.7. The first-order valence-electron chi connectivity index (χ1n) is 39.1. The maximum absolute atomic E-state index is 12.5. The molecule has 2 atom stereocenters. The van der Waals surface area contributed by atoms with Crippen molar-refractivity contribution in [2.24, 2.45) is 0 Å². The van der Waals surface area contributed by atoms with Gasteiger partial charge in [0.1, 0.15) is 0 Å². The Kier molecular flexibility index (Phi) is 73.3. The topological polar surface area (TPSA) is 95.9 Å². The fraction of sp³-hybridized carbons (Fsp3) is 0.924. The molecule has 2 unspecified atom stereocenters. The van der Waals surface area contributed by atoms with E-state index in [1.807, 2.05) is 6.08 Å². The second kappa shape index (κ2) is 74.8. The van der Waals surface area contributed by atoms with Gasteiger partial charge in [-0.05, 0) is 57.8 Å². The van der Waals surface area contributed by atoms with Crippen LogP contribution in [0.3, 0.4) is 0 Å². The molecule has 0 aliphatic heterocycles. The van der Waals surface area contributed by atoms with E-state index in [9.17, 15) is 19.8 Å². The van der Waals surface area contributed by atoms with Gasteiger partial charge in [0.05, 0.1) is 25.4 Å². The van der Waals surface area contributed by atoms with Crippen molar-refractivity contribution >= 4 is 11.9 Å². The van der Waals surface area contributed by atoms with Crippen molar-refractivity contribution < 1.29 is 24.5 Å². The number of hydrogen-bond donors (Lipinski definition) is 3. The zero-order chi connectivity index (χ0) is 61.3. The van der Waals surface area contributed by atoms with E-state index in [4.69, 9.17) is 4.74 Å². The number of aliphatic hydroxyl groups is 2. The van der Waals surface area contributed by atoms with Crippen LogP contribution in [0.2, 0.25) is 0 Å². The molecule has 0 aromatic carbocycles. The molecule has 3 N–H and O–H groups in total. The molecule has 0 aromatic heterocycles. The summed E-state index contributed by atoms with van der Waals surface area (Å²) in [7, 11) is 0. The average Bonchev–Trinajstić information content (AvgIpc) is 3.53. The van der Waals surface area contributed by atoms with Crippen molar-refractivity contribution in [3.8, 4) is 0 Å². The quantitative estimate of drug-likeness (QED) is 0.0320. The summed E-state index contributed by atoms with van der Waals surface area (Å²) < 4.78 is 5.49. The number of ether oxygens (including phenoxy) is 1. The maximum Gasteiger partial charge on any atom is 0.305 e. The zero-order valence-corrected chi connectivity index (χ0v) is 57.9. The minimum absolute atomic E-state index is 0.0227. The molecule has 0 heterocycles. The number of rotatable bonds is 74. The van der Waals surface area contributed by atoms with Gasteiger partial charge >= 0.3 is 5.97 Å². The van der Waals surface area contributed by atoms with E-state index in [1.54, 1.807) is 6.08 Å².